The van der Waals surface area contributed by atoms with Gasteiger partial charge in [0.25, 0.3) is 0 Å². The normalized spacial score (nSPS) is 13.1. The third-order valence-electron chi connectivity index (χ3n) is 4.27. The van der Waals surface area contributed by atoms with Crippen molar-refractivity contribution < 1.29 is 0 Å². The number of hydrogen-bond donors (Lipinski definition) is 2. The molecule has 3 aromatic rings. The Hall–Kier alpha value is -3.27. The first kappa shape index (κ1) is 17.5. The van der Waals surface area contributed by atoms with Gasteiger partial charge >= 0.3 is 0 Å². The van der Waals surface area contributed by atoms with E-state index in [2.05, 4.69) is 52.3 Å². The Morgan fingerprint density at radius 3 is 2.50 bits per heavy atom. The van der Waals surface area contributed by atoms with E-state index in [9.17, 15) is 0 Å². The highest BCUT2D eigenvalue weighted by atomic mass is 15.5. The maximum absolute atomic E-state index is 5.89. The summed E-state index contributed by atoms with van der Waals surface area (Å²) in [4.78, 5) is 2.06. The van der Waals surface area contributed by atoms with Gasteiger partial charge in [0.2, 0.25) is 0 Å². The molecule has 0 aliphatic carbocycles. The summed E-state index contributed by atoms with van der Waals surface area (Å²) in [6.07, 6.45) is 0. The van der Waals surface area contributed by atoms with E-state index >= 15 is 0 Å². The van der Waals surface area contributed by atoms with Gasteiger partial charge in [-0.25, -0.2) is 0 Å². The lowest BCUT2D eigenvalue weighted by atomic mass is 10.0. The van der Waals surface area contributed by atoms with Crippen molar-refractivity contribution in [2.24, 2.45) is 5.10 Å². The zero-order valence-corrected chi connectivity index (χ0v) is 15.5. The monoisotopic (exact) mass is 344 g/mol. The molecule has 132 valence electrons. The molecule has 0 saturated carbocycles. The first-order valence-electron chi connectivity index (χ1n) is 8.82. The minimum absolute atomic E-state index is 0.734. The van der Waals surface area contributed by atoms with Crippen LogP contribution < -0.4 is 16.1 Å². The number of nitrogen functional groups attached to an aromatic ring is 1. The number of nitrogens with two attached hydrogens (primary N) is 1. The summed E-state index contributed by atoms with van der Waals surface area (Å²) >= 11 is 0. The molecule has 0 saturated heterocycles. The molecular formula is C22H24N4. The fourth-order valence-corrected chi connectivity index (χ4v) is 3.13. The quantitative estimate of drug-likeness (QED) is 0.643. The van der Waals surface area contributed by atoms with Crippen LogP contribution in [0, 0.1) is 6.92 Å². The van der Waals surface area contributed by atoms with Gasteiger partial charge in [-0.3, -0.25) is 10.3 Å². The number of fused-ring (bicyclic) bond motifs is 1. The molecule has 1 heterocycles. The number of rotatable bonds is 2. The van der Waals surface area contributed by atoms with E-state index in [1.807, 2.05) is 51.1 Å². The molecule has 3 aromatic carbocycles. The molecule has 0 unspecified atom stereocenters. The van der Waals surface area contributed by atoms with Crippen molar-refractivity contribution in [3.8, 4) is 0 Å². The van der Waals surface area contributed by atoms with Crippen LogP contribution in [-0.4, -0.2) is 5.84 Å². The smallest absolute Gasteiger partial charge is 0.166 e. The SMILES string of the molecule is C=C1NN=C(c2ccc(N)cc2C)N1c1cccc2ccccc12.CC. The fourth-order valence-electron chi connectivity index (χ4n) is 3.13. The van der Waals surface area contributed by atoms with Crippen LogP contribution in [0.2, 0.25) is 0 Å². The van der Waals surface area contributed by atoms with Crippen molar-refractivity contribution in [2.45, 2.75) is 20.8 Å². The molecule has 1 aliphatic rings. The zero-order valence-electron chi connectivity index (χ0n) is 15.5. The number of amidine groups is 1. The average Bonchev–Trinajstić information content (AvgIpc) is 3.04. The lowest BCUT2D eigenvalue weighted by molar-refractivity contribution is 0.927. The Kier molecular flexibility index (Phi) is 4.94. The van der Waals surface area contributed by atoms with Crippen molar-refractivity contribution in [1.29, 1.82) is 0 Å². The van der Waals surface area contributed by atoms with Gasteiger partial charge in [-0.2, -0.15) is 5.10 Å². The predicted molar refractivity (Wildman–Crippen MR) is 112 cm³/mol. The molecular weight excluding hydrogens is 320 g/mol. The van der Waals surface area contributed by atoms with E-state index in [1.54, 1.807) is 0 Å². The highest BCUT2D eigenvalue weighted by Crippen LogP contribution is 2.32. The van der Waals surface area contributed by atoms with Crippen LogP contribution in [0.25, 0.3) is 10.8 Å². The summed E-state index contributed by atoms with van der Waals surface area (Å²) in [5, 5.41) is 6.84. The van der Waals surface area contributed by atoms with Crippen LogP contribution in [0.3, 0.4) is 0 Å². The molecule has 0 fully saturated rings. The van der Waals surface area contributed by atoms with Crippen LogP contribution >= 0.6 is 0 Å². The van der Waals surface area contributed by atoms with Crippen LogP contribution in [0.4, 0.5) is 11.4 Å². The molecule has 3 N–H and O–H groups in total. The molecule has 26 heavy (non-hydrogen) atoms. The largest absolute Gasteiger partial charge is 0.399 e. The molecule has 0 spiro atoms. The van der Waals surface area contributed by atoms with Gasteiger partial charge in [-0.05, 0) is 42.1 Å². The Bertz CT molecular complexity index is 983. The Balaban J connectivity index is 0.000000948. The van der Waals surface area contributed by atoms with E-state index in [0.29, 0.717) is 0 Å². The van der Waals surface area contributed by atoms with Crippen LogP contribution in [0.1, 0.15) is 25.0 Å². The summed E-state index contributed by atoms with van der Waals surface area (Å²) in [5.74, 6) is 1.56. The maximum atomic E-state index is 5.89. The third kappa shape index (κ3) is 3.02. The van der Waals surface area contributed by atoms with Crippen molar-refractivity contribution in [2.75, 3.05) is 10.6 Å². The van der Waals surface area contributed by atoms with Gasteiger partial charge in [-0.15, -0.1) is 0 Å². The summed E-state index contributed by atoms with van der Waals surface area (Å²) < 4.78 is 0. The van der Waals surface area contributed by atoms with E-state index in [-0.39, 0.29) is 0 Å². The molecule has 0 atom stereocenters. The van der Waals surface area contributed by atoms with Crippen LogP contribution in [-0.2, 0) is 0 Å². The number of hydrazone groups is 1. The topological polar surface area (TPSA) is 53.6 Å². The first-order valence-corrected chi connectivity index (χ1v) is 8.82. The lowest BCUT2D eigenvalue weighted by Gasteiger charge is -2.23. The first-order chi connectivity index (χ1) is 12.6. The summed E-state index contributed by atoms with van der Waals surface area (Å²) in [6, 6.07) is 20.4. The number of nitrogens with one attached hydrogen (secondary N) is 1. The standard InChI is InChI=1S/C20H18N4.C2H6/c1-13-12-16(21)10-11-17(13)20-23-22-14(2)24(20)19-9-5-7-15-6-3-4-8-18(15)19;1-2/h3-12,22H,2,21H2,1H3;1-2H3. The van der Waals surface area contributed by atoms with Gasteiger partial charge in [-0.1, -0.05) is 56.8 Å². The van der Waals surface area contributed by atoms with Crippen molar-refractivity contribution in [3.63, 3.8) is 0 Å². The van der Waals surface area contributed by atoms with E-state index in [4.69, 9.17) is 5.73 Å². The van der Waals surface area contributed by atoms with E-state index in [0.717, 1.165) is 39.5 Å². The highest BCUT2D eigenvalue weighted by Gasteiger charge is 2.26. The van der Waals surface area contributed by atoms with Crippen molar-refractivity contribution in [1.82, 2.24) is 5.43 Å². The minimum atomic E-state index is 0.734. The minimum Gasteiger partial charge on any atom is -0.399 e. The molecule has 0 amide bonds. The summed E-state index contributed by atoms with van der Waals surface area (Å²) in [7, 11) is 0. The average molecular weight is 344 g/mol. The van der Waals surface area contributed by atoms with E-state index in [1.165, 1.54) is 5.39 Å². The molecule has 0 radical (unpaired) electrons. The van der Waals surface area contributed by atoms with Gasteiger partial charge in [0.1, 0.15) is 5.82 Å². The number of anilines is 2. The molecule has 0 aromatic heterocycles. The molecule has 1 aliphatic heterocycles. The maximum Gasteiger partial charge on any atom is 0.166 e. The van der Waals surface area contributed by atoms with Crippen LogP contribution in [0.5, 0.6) is 0 Å². The second-order valence-electron chi connectivity index (χ2n) is 5.90. The Morgan fingerprint density at radius 2 is 1.73 bits per heavy atom. The van der Waals surface area contributed by atoms with E-state index < -0.39 is 0 Å². The summed E-state index contributed by atoms with van der Waals surface area (Å²) in [5.41, 5.74) is 12.8. The fraction of sp³-hybridized carbons (Fsp3) is 0.136. The predicted octanol–water partition coefficient (Wildman–Crippen LogP) is 5.00. The molecule has 4 rings (SSSR count). The number of hydrogen-bond acceptors (Lipinski definition) is 4. The second kappa shape index (κ2) is 7.31. The van der Waals surface area contributed by atoms with Crippen molar-refractivity contribution >= 4 is 28.0 Å². The molecule has 0 bridgehead atoms. The second-order valence-corrected chi connectivity index (χ2v) is 5.90. The third-order valence-corrected chi connectivity index (χ3v) is 4.27. The number of nitrogens with zero attached hydrogens (tertiary/aromatic N) is 2. The zero-order chi connectivity index (χ0) is 18.7. The Labute approximate surface area is 154 Å². The van der Waals surface area contributed by atoms with Crippen molar-refractivity contribution in [3.05, 3.63) is 84.2 Å². The number of benzene rings is 3. The molecule has 4 nitrogen and oxygen atoms in total. The van der Waals surface area contributed by atoms with Gasteiger partial charge in [0, 0.05) is 16.6 Å². The summed E-state index contributed by atoms with van der Waals surface area (Å²) in [6.45, 7) is 10.2. The Morgan fingerprint density at radius 1 is 1.00 bits per heavy atom. The van der Waals surface area contributed by atoms with Gasteiger partial charge in [0.15, 0.2) is 5.84 Å². The van der Waals surface area contributed by atoms with Gasteiger partial charge in [0.05, 0.1) is 5.69 Å². The highest BCUT2D eigenvalue weighted by molar-refractivity contribution is 6.17. The van der Waals surface area contributed by atoms with Gasteiger partial charge < -0.3 is 5.73 Å². The lowest BCUT2D eigenvalue weighted by Crippen LogP contribution is -2.28. The van der Waals surface area contributed by atoms with Crippen LogP contribution in [0.15, 0.2) is 78.2 Å². The molecule has 4 heteroatoms. The number of aryl methyl sites for hydroxylation is 1.